The van der Waals surface area contributed by atoms with E-state index < -0.39 is 0 Å². The van der Waals surface area contributed by atoms with E-state index >= 15 is 0 Å². The zero-order chi connectivity index (χ0) is 8.97. The summed E-state index contributed by atoms with van der Waals surface area (Å²) in [5, 5.41) is 0.766. The molecule has 1 rings (SSSR count). The van der Waals surface area contributed by atoms with E-state index in [0.29, 0.717) is 5.02 Å². The number of halogens is 2. The Morgan fingerprint density at radius 1 is 1.33 bits per heavy atom. The quantitative estimate of drug-likeness (QED) is 0.433. The second-order valence-corrected chi connectivity index (χ2v) is 2.69. The lowest BCUT2D eigenvalue weighted by atomic mass is 10.3. The van der Waals surface area contributed by atoms with Crippen LogP contribution in [0.3, 0.4) is 0 Å². The average Bonchev–Trinajstić information content (AvgIpc) is 2.03. The van der Waals surface area contributed by atoms with Crippen LogP contribution in [0.4, 0.5) is 0 Å². The smallest absolute Gasteiger partial charge is 0.286 e. The summed E-state index contributed by atoms with van der Waals surface area (Å²) in [6.45, 7) is 0.158. The molecule has 1 aromatic rings. The van der Waals surface area contributed by atoms with Gasteiger partial charge in [-0.2, -0.15) is 0 Å². The Bertz CT molecular complexity index is 288. The molecule has 0 spiro atoms. The second-order valence-electron chi connectivity index (χ2n) is 1.85. The van der Waals surface area contributed by atoms with Gasteiger partial charge in [0, 0.05) is 5.02 Å². The maximum absolute atomic E-state index is 9.74. The van der Waals surface area contributed by atoms with Gasteiger partial charge in [0.25, 0.3) is 0 Å². The molecule has 0 N–H and O–H groups in total. The fourth-order valence-electron chi connectivity index (χ4n) is 0.614. The van der Waals surface area contributed by atoms with Gasteiger partial charge in [0.1, 0.15) is 0 Å². The lowest BCUT2D eigenvalue weighted by Gasteiger charge is -2.01. The molecular weight excluding hydrogens is 203 g/mol. The highest BCUT2D eigenvalue weighted by Crippen LogP contribution is 2.27. The Balaban J connectivity index is 2.78. The van der Waals surface area contributed by atoms with E-state index in [1.165, 1.54) is 12.1 Å². The van der Waals surface area contributed by atoms with E-state index in [1.54, 1.807) is 6.07 Å². The molecule has 0 aliphatic heterocycles. The fourth-order valence-corrected chi connectivity index (χ4v) is 1.05. The van der Waals surface area contributed by atoms with Crippen LogP contribution in [-0.2, 0) is 9.68 Å². The third-order valence-electron chi connectivity index (χ3n) is 1.07. The normalized spacial score (nSPS) is 9.17. The molecule has 0 heterocycles. The molecule has 0 fully saturated rings. The lowest BCUT2D eigenvalue weighted by molar-refractivity contribution is -0.196. The van der Waals surface area contributed by atoms with Crippen molar-refractivity contribution in [3.05, 3.63) is 28.2 Å². The van der Waals surface area contributed by atoms with Crippen molar-refractivity contribution < 1.29 is 14.6 Å². The van der Waals surface area contributed by atoms with Crippen LogP contribution in [0.25, 0.3) is 0 Å². The summed E-state index contributed by atoms with van der Waals surface area (Å²) in [6.07, 6.45) is 0. The third-order valence-corrected chi connectivity index (χ3v) is 1.60. The molecule has 0 atom stereocenters. The highest BCUT2D eigenvalue weighted by molar-refractivity contribution is 6.35. The maximum Gasteiger partial charge on any atom is 0.343 e. The van der Waals surface area contributed by atoms with Gasteiger partial charge in [0.05, 0.1) is 5.02 Å². The summed E-state index contributed by atoms with van der Waals surface area (Å²) in [6, 6.07) is 4.54. The number of benzene rings is 1. The minimum atomic E-state index is 0.158. The SMILES string of the molecule is O=COOc1ccc(Cl)cc1Cl. The zero-order valence-corrected chi connectivity index (χ0v) is 7.30. The van der Waals surface area contributed by atoms with Crippen LogP contribution in [0.15, 0.2) is 18.2 Å². The zero-order valence-electron chi connectivity index (χ0n) is 5.79. The van der Waals surface area contributed by atoms with Gasteiger partial charge in [0.2, 0.25) is 0 Å². The number of hydrogen-bond acceptors (Lipinski definition) is 3. The van der Waals surface area contributed by atoms with Gasteiger partial charge in [-0.25, -0.2) is 0 Å². The van der Waals surface area contributed by atoms with Gasteiger partial charge in [-0.1, -0.05) is 23.2 Å². The molecule has 3 nitrogen and oxygen atoms in total. The van der Waals surface area contributed by atoms with Crippen molar-refractivity contribution in [1.82, 2.24) is 0 Å². The second kappa shape index (κ2) is 4.18. The fraction of sp³-hybridized carbons (Fsp3) is 0. The van der Waals surface area contributed by atoms with E-state index in [1.807, 2.05) is 0 Å². The highest BCUT2D eigenvalue weighted by Gasteiger charge is 2.02. The van der Waals surface area contributed by atoms with Crippen LogP contribution in [0.1, 0.15) is 0 Å². The first-order chi connectivity index (χ1) is 5.74. The summed E-state index contributed by atoms with van der Waals surface area (Å²) >= 11 is 11.3. The van der Waals surface area contributed by atoms with Crippen molar-refractivity contribution in [2.45, 2.75) is 0 Å². The van der Waals surface area contributed by atoms with Gasteiger partial charge in [0.15, 0.2) is 5.75 Å². The molecule has 0 aliphatic carbocycles. The summed E-state index contributed by atoms with van der Waals surface area (Å²) in [5.41, 5.74) is 0. The Labute approximate surface area is 78.7 Å². The van der Waals surface area contributed by atoms with Gasteiger partial charge < -0.3 is 0 Å². The van der Waals surface area contributed by atoms with Crippen molar-refractivity contribution in [3.63, 3.8) is 0 Å². The molecule has 0 aromatic heterocycles. The molecule has 0 aliphatic rings. The van der Waals surface area contributed by atoms with Crippen LogP contribution >= 0.6 is 23.2 Å². The molecule has 0 bridgehead atoms. The monoisotopic (exact) mass is 206 g/mol. The lowest BCUT2D eigenvalue weighted by Crippen LogP contribution is -1.94. The molecule has 12 heavy (non-hydrogen) atoms. The van der Waals surface area contributed by atoms with E-state index in [0.717, 1.165) is 0 Å². The van der Waals surface area contributed by atoms with Crippen molar-refractivity contribution in [2.24, 2.45) is 0 Å². The first-order valence-electron chi connectivity index (χ1n) is 2.96. The van der Waals surface area contributed by atoms with Crippen molar-refractivity contribution in [3.8, 4) is 5.75 Å². The molecule has 0 unspecified atom stereocenters. The maximum atomic E-state index is 9.74. The van der Waals surface area contributed by atoms with Crippen LogP contribution in [-0.4, -0.2) is 6.47 Å². The predicted molar refractivity (Wildman–Crippen MR) is 44.2 cm³/mol. The number of carbonyl (C=O) groups excluding carboxylic acids is 1. The third kappa shape index (κ3) is 2.29. The highest BCUT2D eigenvalue weighted by atomic mass is 35.5. The summed E-state index contributed by atoms with van der Waals surface area (Å²) in [5.74, 6) is 0.244. The Morgan fingerprint density at radius 2 is 2.08 bits per heavy atom. The van der Waals surface area contributed by atoms with Crippen LogP contribution < -0.4 is 4.89 Å². The van der Waals surface area contributed by atoms with E-state index in [4.69, 9.17) is 23.2 Å². The van der Waals surface area contributed by atoms with Gasteiger partial charge in [-0.3, -0.25) is 14.6 Å². The molecule has 0 saturated heterocycles. The van der Waals surface area contributed by atoms with Gasteiger partial charge in [-0.15, -0.1) is 0 Å². The molecule has 5 heteroatoms. The van der Waals surface area contributed by atoms with Gasteiger partial charge >= 0.3 is 6.47 Å². The summed E-state index contributed by atoms with van der Waals surface area (Å²) in [7, 11) is 0. The van der Waals surface area contributed by atoms with Crippen molar-refractivity contribution in [1.29, 1.82) is 0 Å². The van der Waals surface area contributed by atoms with E-state index in [-0.39, 0.29) is 17.2 Å². The van der Waals surface area contributed by atoms with Gasteiger partial charge in [-0.05, 0) is 18.2 Å². The van der Waals surface area contributed by atoms with E-state index in [2.05, 4.69) is 9.78 Å². The largest absolute Gasteiger partial charge is 0.343 e. The number of rotatable bonds is 3. The predicted octanol–water partition coefficient (Wildman–Crippen LogP) is 2.46. The topological polar surface area (TPSA) is 35.5 Å². The Kier molecular flexibility index (Phi) is 3.19. The molecule has 0 amide bonds. The Hall–Kier alpha value is -0.930. The number of carbonyl (C=O) groups is 1. The van der Waals surface area contributed by atoms with Crippen LogP contribution in [0, 0.1) is 0 Å². The van der Waals surface area contributed by atoms with Crippen LogP contribution in [0.2, 0.25) is 10.0 Å². The Morgan fingerprint density at radius 3 is 2.67 bits per heavy atom. The molecule has 0 saturated carbocycles. The summed E-state index contributed by atoms with van der Waals surface area (Å²) < 4.78 is 0. The molecule has 64 valence electrons. The molecular formula is C7H4Cl2O3. The van der Waals surface area contributed by atoms with Crippen LogP contribution in [0.5, 0.6) is 5.75 Å². The number of hydrogen-bond donors (Lipinski definition) is 0. The first-order valence-corrected chi connectivity index (χ1v) is 3.71. The van der Waals surface area contributed by atoms with E-state index in [9.17, 15) is 4.79 Å². The minimum absolute atomic E-state index is 0.158. The minimum Gasteiger partial charge on any atom is -0.286 e. The first kappa shape index (κ1) is 9.16. The molecule has 1 aromatic carbocycles. The summed E-state index contributed by atoms with van der Waals surface area (Å²) in [4.78, 5) is 18.3. The van der Waals surface area contributed by atoms with Crippen molar-refractivity contribution in [2.75, 3.05) is 0 Å². The van der Waals surface area contributed by atoms with Crippen molar-refractivity contribution >= 4 is 29.7 Å². The average molecular weight is 207 g/mol. The standard InChI is InChI=1S/C7H4Cl2O3/c8-5-1-2-7(6(9)3-5)12-11-4-10/h1-4H. The molecule has 0 radical (unpaired) electrons.